The fourth-order valence-electron chi connectivity index (χ4n) is 4.01. The van der Waals surface area contributed by atoms with E-state index in [1.165, 1.54) is 18.2 Å². The van der Waals surface area contributed by atoms with Crippen LogP contribution in [0, 0.1) is 12.8 Å². The molecule has 3 aromatic carbocycles. The molecule has 0 spiro atoms. The highest BCUT2D eigenvalue weighted by Gasteiger charge is 2.67. The Hall–Kier alpha value is -2.68. The van der Waals surface area contributed by atoms with Crippen LogP contribution in [0.4, 0.5) is 21.9 Å². The summed E-state index contributed by atoms with van der Waals surface area (Å²) in [5.41, 5.74) is 2.51. The zero-order chi connectivity index (χ0) is 27.1. The molecule has 2 atom stereocenters. The molecule has 1 aliphatic carbocycles. The maximum Gasteiger partial charge on any atom is 0.409 e. The second-order valence-electron chi connectivity index (χ2n) is 8.43. The van der Waals surface area contributed by atoms with Crippen LogP contribution in [0.25, 0.3) is 0 Å². The van der Waals surface area contributed by atoms with Gasteiger partial charge in [0.2, 0.25) is 5.91 Å². The van der Waals surface area contributed by atoms with Crippen molar-refractivity contribution in [3.05, 3.63) is 86.4 Å². The summed E-state index contributed by atoms with van der Waals surface area (Å²) in [5, 5.41) is 17.5. The lowest BCUT2D eigenvalue weighted by Gasteiger charge is -2.12. The van der Waals surface area contributed by atoms with Gasteiger partial charge in [0.1, 0.15) is 4.33 Å². The van der Waals surface area contributed by atoms with Gasteiger partial charge in [-0.3, -0.25) is 14.9 Å². The molecule has 0 aliphatic heterocycles. The molecule has 3 amide bonds. The largest absolute Gasteiger partial charge is 0.465 e. The van der Waals surface area contributed by atoms with Gasteiger partial charge in [-0.25, -0.2) is 4.79 Å². The van der Waals surface area contributed by atoms with Crippen LogP contribution in [-0.4, -0.2) is 27.3 Å². The van der Waals surface area contributed by atoms with Crippen LogP contribution >= 0.6 is 58.0 Å². The molecule has 0 bridgehead atoms. The quantitative estimate of drug-likeness (QED) is 0.216. The number of nitrogens with one attached hydrogen (secondary N) is 3. The molecule has 4 rings (SSSR count). The summed E-state index contributed by atoms with van der Waals surface area (Å²) < 4.78 is -1.36. The van der Waals surface area contributed by atoms with Crippen molar-refractivity contribution >= 4 is 93.0 Å². The Labute approximate surface area is 237 Å². The summed E-state index contributed by atoms with van der Waals surface area (Å²) in [6.07, 6.45) is -1.20. The van der Waals surface area contributed by atoms with Gasteiger partial charge in [-0.15, -0.1) is 23.2 Å². The summed E-state index contributed by atoms with van der Waals surface area (Å²) in [6, 6.07) is 14.0. The third kappa shape index (κ3) is 6.08. The van der Waals surface area contributed by atoms with Crippen LogP contribution in [0.3, 0.4) is 0 Å². The van der Waals surface area contributed by atoms with Gasteiger partial charge >= 0.3 is 6.09 Å². The Morgan fingerprint density at radius 2 is 1.46 bits per heavy atom. The Kier molecular flexibility index (Phi) is 7.83. The van der Waals surface area contributed by atoms with Gasteiger partial charge in [-0.05, 0) is 72.6 Å². The fraction of sp³-hybridized carbons (Fsp3) is 0.160. The van der Waals surface area contributed by atoms with Gasteiger partial charge < -0.3 is 15.7 Å². The van der Waals surface area contributed by atoms with Crippen molar-refractivity contribution in [1.82, 2.24) is 0 Å². The number of carbonyl (C=O) groups is 3. The number of hydrogen-bond donors (Lipinski definition) is 4. The SMILES string of the molecule is Cc1cc(NC(=O)O)ccc1NC(=O)c1cc(NC(=O)C2C(c3cc(Cl)cc(Cl)c3)C2(Cl)Cl)ccc1Cl. The molecule has 12 heteroatoms. The van der Waals surface area contributed by atoms with Crippen LogP contribution in [0.1, 0.15) is 27.4 Å². The van der Waals surface area contributed by atoms with Gasteiger partial charge in [-0.1, -0.05) is 34.8 Å². The number of carboxylic acid groups (broad SMARTS) is 1. The zero-order valence-corrected chi connectivity index (χ0v) is 22.7. The first-order chi connectivity index (χ1) is 17.4. The summed E-state index contributed by atoms with van der Waals surface area (Å²) in [7, 11) is 0. The van der Waals surface area contributed by atoms with Crippen molar-refractivity contribution in [2.75, 3.05) is 16.0 Å². The summed E-state index contributed by atoms with van der Waals surface area (Å²) in [5.74, 6) is -2.27. The predicted octanol–water partition coefficient (Wildman–Crippen LogP) is 7.82. The molecule has 3 aromatic rings. The molecule has 0 radical (unpaired) electrons. The Morgan fingerprint density at radius 1 is 0.838 bits per heavy atom. The van der Waals surface area contributed by atoms with Crippen molar-refractivity contribution in [2.45, 2.75) is 17.2 Å². The van der Waals surface area contributed by atoms with E-state index in [0.717, 1.165) is 0 Å². The average Bonchev–Trinajstić information content (AvgIpc) is 3.38. The lowest BCUT2D eigenvalue weighted by atomic mass is 10.1. The van der Waals surface area contributed by atoms with E-state index in [4.69, 9.17) is 63.1 Å². The third-order valence-corrected chi connectivity index (χ3v) is 7.49. The highest BCUT2D eigenvalue weighted by molar-refractivity contribution is 6.53. The molecule has 192 valence electrons. The molecule has 4 N–H and O–H groups in total. The van der Waals surface area contributed by atoms with Crippen LogP contribution in [0.2, 0.25) is 15.1 Å². The number of alkyl halides is 2. The minimum Gasteiger partial charge on any atom is -0.465 e. The highest BCUT2D eigenvalue weighted by Crippen LogP contribution is 2.65. The van der Waals surface area contributed by atoms with Gasteiger partial charge in [-0.2, -0.15) is 0 Å². The molecule has 2 unspecified atom stereocenters. The van der Waals surface area contributed by atoms with Gasteiger partial charge in [0, 0.05) is 33.0 Å². The van der Waals surface area contributed by atoms with E-state index < -0.39 is 34.1 Å². The standard InChI is InChI=1S/C25H18Cl5N3O4/c1-11-6-15(32-24(36)37)3-5-19(11)33-22(34)17-10-16(2-4-18(17)28)31-23(35)21-20(25(21,29)30)12-7-13(26)9-14(27)8-12/h2-10,20-21,32H,1H3,(H,31,35)(H,33,34)(H,36,37). The van der Waals surface area contributed by atoms with E-state index in [2.05, 4.69) is 16.0 Å². The number of rotatable bonds is 6. The number of aryl methyl sites for hydroxylation is 1. The van der Waals surface area contributed by atoms with Gasteiger partial charge in [0.25, 0.3) is 5.91 Å². The number of anilines is 3. The molecular formula is C25H18Cl5N3O4. The van der Waals surface area contributed by atoms with E-state index in [9.17, 15) is 14.4 Å². The third-order valence-electron chi connectivity index (χ3n) is 5.78. The topological polar surface area (TPSA) is 108 Å². The average molecular weight is 602 g/mol. The van der Waals surface area contributed by atoms with Crippen molar-refractivity contribution in [3.63, 3.8) is 0 Å². The second-order valence-corrected chi connectivity index (χ2v) is 11.2. The molecular weight excluding hydrogens is 584 g/mol. The second kappa shape index (κ2) is 10.6. The molecule has 1 fully saturated rings. The molecule has 0 heterocycles. The van der Waals surface area contributed by atoms with Crippen molar-refractivity contribution < 1.29 is 19.5 Å². The van der Waals surface area contributed by atoms with E-state index in [1.807, 2.05) is 0 Å². The Morgan fingerprint density at radius 3 is 2.08 bits per heavy atom. The lowest BCUT2D eigenvalue weighted by molar-refractivity contribution is -0.117. The lowest BCUT2D eigenvalue weighted by Crippen LogP contribution is -2.18. The first kappa shape index (κ1) is 27.4. The van der Waals surface area contributed by atoms with E-state index in [0.29, 0.717) is 38.2 Å². The number of benzene rings is 3. The summed E-state index contributed by atoms with van der Waals surface area (Å²) in [4.78, 5) is 36.8. The molecule has 0 aromatic heterocycles. The van der Waals surface area contributed by atoms with Crippen LogP contribution in [0.15, 0.2) is 54.6 Å². The number of amides is 3. The molecule has 1 saturated carbocycles. The molecule has 0 saturated heterocycles. The Bertz CT molecular complexity index is 1410. The van der Waals surface area contributed by atoms with Crippen molar-refractivity contribution in [2.24, 2.45) is 5.92 Å². The van der Waals surface area contributed by atoms with Crippen LogP contribution in [-0.2, 0) is 4.79 Å². The highest BCUT2D eigenvalue weighted by atomic mass is 35.5. The fourth-order valence-corrected chi connectivity index (χ4v) is 5.59. The minimum absolute atomic E-state index is 0.114. The minimum atomic E-state index is -1.36. The Balaban J connectivity index is 1.49. The normalized spacial score (nSPS) is 17.6. The predicted molar refractivity (Wildman–Crippen MR) is 148 cm³/mol. The number of carbonyl (C=O) groups excluding carboxylic acids is 2. The maximum atomic E-state index is 13.0. The summed E-state index contributed by atoms with van der Waals surface area (Å²) in [6.45, 7) is 1.71. The molecule has 7 nitrogen and oxygen atoms in total. The molecule has 37 heavy (non-hydrogen) atoms. The van der Waals surface area contributed by atoms with Crippen LogP contribution in [0.5, 0.6) is 0 Å². The smallest absolute Gasteiger partial charge is 0.409 e. The summed E-state index contributed by atoms with van der Waals surface area (Å²) >= 11 is 31.3. The zero-order valence-electron chi connectivity index (χ0n) is 18.9. The first-order valence-corrected chi connectivity index (χ1v) is 12.6. The number of hydrogen-bond acceptors (Lipinski definition) is 3. The van der Waals surface area contributed by atoms with Crippen molar-refractivity contribution in [3.8, 4) is 0 Å². The van der Waals surface area contributed by atoms with E-state index in [-0.39, 0.29) is 10.6 Å². The number of halogens is 5. The van der Waals surface area contributed by atoms with Crippen LogP contribution < -0.4 is 16.0 Å². The van der Waals surface area contributed by atoms with E-state index in [1.54, 1.807) is 43.3 Å². The molecule has 1 aliphatic rings. The first-order valence-electron chi connectivity index (χ1n) is 10.7. The van der Waals surface area contributed by atoms with Gasteiger partial charge in [0.15, 0.2) is 0 Å². The maximum absolute atomic E-state index is 13.0. The van der Waals surface area contributed by atoms with E-state index >= 15 is 0 Å². The monoisotopic (exact) mass is 599 g/mol. The van der Waals surface area contributed by atoms with Gasteiger partial charge in [0.05, 0.1) is 16.5 Å². The van der Waals surface area contributed by atoms with Crippen molar-refractivity contribution in [1.29, 1.82) is 0 Å².